The largest absolute Gasteiger partial charge is 0.385 e. The van der Waals surface area contributed by atoms with E-state index in [2.05, 4.69) is 19.2 Å². The van der Waals surface area contributed by atoms with E-state index in [1.165, 1.54) is 0 Å². The summed E-state index contributed by atoms with van der Waals surface area (Å²) >= 11 is 0. The Morgan fingerprint density at radius 3 is 2.87 bits per heavy atom. The van der Waals surface area contributed by atoms with E-state index in [1.54, 1.807) is 12.1 Å². The number of rotatable bonds is 5. The van der Waals surface area contributed by atoms with Crippen LogP contribution in [0.4, 0.5) is 5.69 Å². The zero-order chi connectivity index (χ0) is 11.3. The van der Waals surface area contributed by atoms with Gasteiger partial charge in [0.2, 0.25) is 5.91 Å². The molecule has 82 valence electrons. The number of amides is 1. The molecular weight excluding hydrogens is 188 g/mol. The van der Waals surface area contributed by atoms with Gasteiger partial charge in [-0.05, 0) is 24.1 Å². The third kappa shape index (κ3) is 3.62. The summed E-state index contributed by atoms with van der Waals surface area (Å²) < 4.78 is 0. The molecule has 1 aromatic carbocycles. The minimum absolute atomic E-state index is 0.387. The second-order valence-electron chi connectivity index (χ2n) is 3.84. The van der Waals surface area contributed by atoms with Crippen molar-refractivity contribution < 1.29 is 4.79 Å². The molecule has 0 aromatic heterocycles. The minimum Gasteiger partial charge on any atom is -0.385 e. The number of primary amides is 1. The van der Waals surface area contributed by atoms with E-state index < -0.39 is 0 Å². The maximum absolute atomic E-state index is 10.9. The van der Waals surface area contributed by atoms with E-state index in [1.807, 2.05) is 12.1 Å². The smallest absolute Gasteiger partial charge is 0.248 e. The molecule has 0 heterocycles. The van der Waals surface area contributed by atoms with E-state index in [0.717, 1.165) is 18.7 Å². The van der Waals surface area contributed by atoms with Crippen LogP contribution in [0.25, 0.3) is 0 Å². The van der Waals surface area contributed by atoms with Crippen LogP contribution in [0.15, 0.2) is 24.3 Å². The molecule has 1 aromatic rings. The van der Waals surface area contributed by atoms with Crippen LogP contribution in [0.5, 0.6) is 0 Å². The van der Waals surface area contributed by atoms with Gasteiger partial charge in [-0.2, -0.15) is 0 Å². The van der Waals surface area contributed by atoms with Crippen molar-refractivity contribution in [3.8, 4) is 0 Å². The zero-order valence-corrected chi connectivity index (χ0v) is 9.29. The van der Waals surface area contributed by atoms with Crippen LogP contribution >= 0.6 is 0 Å². The fraction of sp³-hybridized carbons (Fsp3) is 0.417. The molecule has 0 saturated heterocycles. The topological polar surface area (TPSA) is 55.1 Å². The third-order valence-corrected chi connectivity index (χ3v) is 2.50. The first-order chi connectivity index (χ1) is 7.13. The lowest BCUT2D eigenvalue weighted by Gasteiger charge is -2.11. The Hall–Kier alpha value is -1.51. The molecule has 0 aliphatic rings. The lowest BCUT2D eigenvalue weighted by Crippen LogP contribution is -2.13. The summed E-state index contributed by atoms with van der Waals surface area (Å²) in [5, 5.41) is 3.28. The molecule has 0 fully saturated rings. The van der Waals surface area contributed by atoms with Gasteiger partial charge in [-0.25, -0.2) is 0 Å². The lowest BCUT2D eigenvalue weighted by atomic mass is 10.1. The minimum atomic E-state index is -0.387. The van der Waals surface area contributed by atoms with Gasteiger partial charge in [0.25, 0.3) is 0 Å². The summed E-state index contributed by atoms with van der Waals surface area (Å²) in [6, 6.07) is 7.27. The number of nitrogens with two attached hydrogens (primary N) is 1. The van der Waals surface area contributed by atoms with Gasteiger partial charge < -0.3 is 11.1 Å². The molecule has 15 heavy (non-hydrogen) atoms. The normalized spacial score (nSPS) is 12.1. The Kier molecular flexibility index (Phi) is 4.16. The fourth-order valence-electron chi connectivity index (χ4n) is 1.22. The second kappa shape index (κ2) is 5.39. The molecule has 1 unspecified atom stereocenters. The molecule has 1 atom stereocenters. The first-order valence-electron chi connectivity index (χ1n) is 5.27. The Morgan fingerprint density at radius 2 is 2.27 bits per heavy atom. The van der Waals surface area contributed by atoms with Crippen LogP contribution < -0.4 is 11.1 Å². The fourth-order valence-corrected chi connectivity index (χ4v) is 1.22. The van der Waals surface area contributed by atoms with Crippen LogP contribution in [0, 0.1) is 5.92 Å². The first-order valence-corrected chi connectivity index (χ1v) is 5.27. The molecule has 1 rings (SSSR count). The monoisotopic (exact) mass is 206 g/mol. The van der Waals surface area contributed by atoms with E-state index in [0.29, 0.717) is 11.5 Å². The van der Waals surface area contributed by atoms with Crippen LogP contribution in [0.1, 0.15) is 30.6 Å². The standard InChI is InChI=1S/C12H18N2O/c1-3-9(2)8-14-11-6-4-5-10(7-11)12(13)15/h4-7,9,14H,3,8H2,1-2H3,(H2,13,15). The summed E-state index contributed by atoms with van der Waals surface area (Å²) in [6.45, 7) is 5.26. The molecule has 0 radical (unpaired) electrons. The van der Waals surface area contributed by atoms with Crippen molar-refractivity contribution >= 4 is 11.6 Å². The molecule has 0 saturated carbocycles. The Labute approximate surface area is 90.7 Å². The Morgan fingerprint density at radius 1 is 1.53 bits per heavy atom. The number of hydrogen-bond acceptors (Lipinski definition) is 2. The van der Waals surface area contributed by atoms with Gasteiger partial charge in [-0.3, -0.25) is 4.79 Å². The van der Waals surface area contributed by atoms with Crippen molar-refractivity contribution in [2.75, 3.05) is 11.9 Å². The van der Waals surface area contributed by atoms with Gasteiger partial charge >= 0.3 is 0 Å². The van der Waals surface area contributed by atoms with Crippen molar-refractivity contribution in [2.24, 2.45) is 11.7 Å². The summed E-state index contributed by atoms with van der Waals surface area (Å²) in [6.07, 6.45) is 1.14. The van der Waals surface area contributed by atoms with Crippen molar-refractivity contribution in [1.82, 2.24) is 0 Å². The Balaban J connectivity index is 2.62. The molecule has 3 N–H and O–H groups in total. The molecule has 0 aliphatic carbocycles. The SMILES string of the molecule is CCC(C)CNc1cccc(C(N)=O)c1. The molecule has 0 spiro atoms. The maximum Gasteiger partial charge on any atom is 0.248 e. The highest BCUT2D eigenvalue weighted by Crippen LogP contribution is 2.11. The summed E-state index contributed by atoms with van der Waals surface area (Å²) in [7, 11) is 0. The van der Waals surface area contributed by atoms with E-state index >= 15 is 0 Å². The van der Waals surface area contributed by atoms with Gasteiger partial charge in [0.1, 0.15) is 0 Å². The molecule has 3 heteroatoms. The highest BCUT2D eigenvalue weighted by molar-refractivity contribution is 5.93. The summed E-state index contributed by atoms with van der Waals surface area (Å²) in [5.41, 5.74) is 6.69. The van der Waals surface area contributed by atoms with Crippen LogP contribution in [-0.2, 0) is 0 Å². The average molecular weight is 206 g/mol. The maximum atomic E-state index is 10.9. The summed E-state index contributed by atoms with van der Waals surface area (Å²) in [5.74, 6) is 0.240. The first kappa shape index (κ1) is 11.6. The number of benzene rings is 1. The molecule has 0 aliphatic heterocycles. The predicted molar refractivity (Wildman–Crippen MR) is 62.9 cm³/mol. The zero-order valence-electron chi connectivity index (χ0n) is 9.29. The number of carbonyl (C=O) groups excluding carboxylic acids is 1. The van der Waals surface area contributed by atoms with Crippen LogP contribution in [-0.4, -0.2) is 12.5 Å². The number of nitrogens with one attached hydrogen (secondary N) is 1. The number of carbonyl (C=O) groups is 1. The molecule has 3 nitrogen and oxygen atoms in total. The van der Waals surface area contributed by atoms with E-state index in [-0.39, 0.29) is 5.91 Å². The number of hydrogen-bond donors (Lipinski definition) is 2. The van der Waals surface area contributed by atoms with Crippen molar-refractivity contribution in [3.05, 3.63) is 29.8 Å². The van der Waals surface area contributed by atoms with Gasteiger partial charge in [0, 0.05) is 17.8 Å². The van der Waals surface area contributed by atoms with Crippen molar-refractivity contribution in [3.63, 3.8) is 0 Å². The summed E-state index contributed by atoms with van der Waals surface area (Å²) in [4.78, 5) is 10.9. The average Bonchev–Trinajstić information content (AvgIpc) is 2.26. The molecule has 1 amide bonds. The highest BCUT2D eigenvalue weighted by Gasteiger charge is 2.02. The second-order valence-corrected chi connectivity index (χ2v) is 3.84. The van der Waals surface area contributed by atoms with Crippen molar-refractivity contribution in [1.29, 1.82) is 0 Å². The molecule has 0 bridgehead atoms. The van der Waals surface area contributed by atoms with Gasteiger partial charge in [0.15, 0.2) is 0 Å². The number of anilines is 1. The van der Waals surface area contributed by atoms with Crippen LogP contribution in [0.3, 0.4) is 0 Å². The van der Waals surface area contributed by atoms with Gasteiger partial charge in [-0.15, -0.1) is 0 Å². The molecular formula is C12H18N2O. The van der Waals surface area contributed by atoms with Gasteiger partial charge in [0.05, 0.1) is 0 Å². The Bertz CT molecular complexity index is 336. The third-order valence-electron chi connectivity index (χ3n) is 2.50. The van der Waals surface area contributed by atoms with Gasteiger partial charge in [-0.1, -0.05) is 26.3 Å². The van der Waals surface area contributed by atoms with E-state index in [9.17, 15) is 4.79 Å². The lowest BCUT2D eigenvalue weighted by molar-refractivity contribution is 0.100. The quantitative estimate of drug-likeness (QED) is 0.776. The van der Waals surface area contributed by atoms with E-state index in [4.69, 9.17) is 5.73 Å². The predicted octanol–water partition coefficient (Wildman–Crippen LogP) is 2.24. The van der Waals surface area contributed by atoms with Crippen LogP contribution in [0.2, 0.25) is 0 Å². The highest BCUT2D eigenvalue weighted by atomic mass is 16.1. The van der Waals surface area contributed by atoms with Crippen molar-refractivity contribution in [2.45, 2.75) is 20.3 Å².